The number of rotatable bonds is 8. The summed E-state index contributed by atoms with van der Waals surface area (Å²) >= 11 is 6.11. The van der Waals surface area contributed by atoms with Gasteiger partial charge in [-0.15, -0.1) is 0 Å². The number of allylic oxidation sites excluding steroid dienone is 7. The van der Waals surface area contributed by atoms with Gasteiger partial charge in [0.1, 0.15) is 5.76 Å². The van der Waals surface area contributed by atoms with E-state index >= 15 is 0 Å². The number of nitrogens with one attached hydrogen (secondary N) is 1. The molecule has 4 heteroatoms. The van der Waals surface area contributed by atoms with E-state index in [-0.39, 0.29) is 0 Å². The first-order valence-electron chi connectivity index (χ1n) is 6.27. The molecule has 0 aromatic rings. The van der Waals surface area contributed by atoms with Crippen LogP contribution in [0, 0.1) is 0 Å². The van der Waals surface area contributed by atoms with Gasteiger partial charge in [0.05, 0.1) is 18.5 Å². The Kier molecular flexibility index (Phi) is 9.22. The smallest absolute Gasteiger partial charge is 0.133 e. The Morgan fingerprint density at radius 3 is 2.50 bits per heavy atom. The Balaban J connectivity index is 4.51. The molecule has 1 N–H and O–H groups in total. The van der Waals surface area contributed by atoms with E-state index in [4.69, 9.17) is 16.3 Å². The molecule has 0 amide bonds. The summed E-state index contributed by atoms with van der Waals surface area (Å²) in [4.78, 5) is 4.22. The summed E-state index contributed by atoms with van der Waals surface area (Å²) in [5, 5.41) is 3.46. The van der Waals surface area contributed by atoms with Crippen LogP contribution < -0.4 is 5.32 Å². The largest absolute Gasteiger partial charge is 0.496 e. The van der Waals surface area contributed by atoms with Crippen molar-refractivity contribution in [2.45, 2.75) is 27.2 Å². The highest BCUT2D eigenvalue weighted by atomic mass is 35.5. The van der Waals surface area contributed by atoms with Crippen molar-refractivity contribution in [1.82, 2.24) is 5.32 Å². The van der Waals surface area contributed by atoms with Gasteiger partial charge in [0.25, 0.3) is 0 Å². The average Bonchev–Trinajstić information content (AvgIpc) is 2.37. The Bertz CT molecular complexity index is 471. The minimum Gasteiger partial charge on any atom is -0.496 e. The Labute approximate surface area is 127 Å². The predicted octanol–water partition coefficient (Wildman–Crippen LogP) is 4.66. The van der Waals surface area contributed by atoms with E-state index in [1.54, 1.807) is 25.6 Å². The van der Waals surface area contributed by atoms with E-state index in [2.05, 4.69) is 23.5 Å². The van der Waals surface area contributed by atoms with Crippen LogP contribution >= 0.6 is 11.6 Å². The zero-order valence-corrected chi connectivity index (χ0v) is 13.4. The lowest BCUT2D eigenvalue weighted by Gasteiger charge is -2.04. The fourth-order valence-electron chi connectivity index (χ4n) is 1.24. The number of hydrogen-bond acceptors (Lipinski definition) is 2. The summed E-state index contributed by atoms with van der Waals surface area (Å²) in [6.45, 7) is 13.3. The third kappa shape index (κ3) is 8.38. The van der Waals surface area contributed by atoms with Crippen molar-refractivity contribution < 1.29 is 4.74 Å². The van der Waals surface area contributed by atoms with E-state index in [0.29, 0.717) is 17.2 Å². The molecule has 0 radical (unpaired) electrons. The lowest BCUT2D eigenvalue weighted by molar-refractivity contribution is 0.304. The van der Waals surface area contributed by atoms with Gasteiger partial charge < -0.3 is 10.1 Å². The number of hydrogen-bond donors (Lipinski definition) is 1. The summed E-state index contributed by atoms with van der Waals surface area (Å²) in [7, 11) is 1.58. The van der Waals surface area contributed by atoms with Crippen LogP contribution in [0.1, 0.15) is 27.2 Å². The highest BCUT2D eigenvalue weighted by Gasteiger charge is 2.00. The van der Waals surface area contributed by atoms with E-state index in [1.165, 1.54) is 0 Å². The summed E-state index contributed by atoms with van der Waals surface area (Å²) in [5.74, 6) is 0.636. The molecule has 20 heavy (non-hydrogen) atoms. The van der Waals surface area contributed by atoms with Crippen LogP contribution in [0.5, 0.6) is 0 Å². The van der Waals surface area contributed by atoms with Crippen molar-refractivity contribution in [2.75, 3.05) is 7.11 Å². The molecule has 0 saturated heterocycles. The van der Waals surface area contributed by atoms with Gasteiger partial charge in [-0.25, -0.2) is 4.99 Å². The van der Waals surface area contributed by atoms with Crippen molar-refractivity contribution in [3.05, 3.63) is 59.1 Å². The third-order valence-electron chi connectivity index (χ3n) is 2.29. The molecular weight excluding hydrogens is 272 g/mol. The summed E-state index contributed by atoms with van der Waals surface area (Å²) in [5.41, 5.74) is 2.62. The lowest BCUT2D eigenvalue weighted by Crippen LogP contribution is -2.05. The van der Waals surface area contributed by atoms with Crippen molar-refractivity contribution in [2.24, 2.45) is 4.99 Å². The topological polar surface area (TPSA) is 33.6 Å². The van der Waals surface area contributed by atoms with Gasteiger partial charge in [-0.2, -0.15) is 0 Å². The predicted molar refractivity (Wildman–Crippen MR) is 88.7 cm³/mol. The van der Waals surface area contributed by atoms with E-state index < -0.39 is 0 Å². The molecule has 0 unspecified atom stereocenters. The third-order valence-corrected chi connectivity index (χ3v) is 2.58. The summed E-state index contributed by atoms with van der Waals surface area (Å²) in [6, 6.07) is 0. The molecule has 3 nitrogen and oxygen atoms in total. The Morgan fingerprint density at radius 2 is 2.00 bits per heavy atom. The van der Waals surface area contributed by atoms with Crippen LogP contribution in [0.3, 0.4) is 0 Å². The average molecular weight is 295 g/mol. The first-order chi connectivity index (χ1) is 9.40. The van der Waals surface area contributed by atoms with Gasteiger partial charge in [-0.3, -0.25) is 0 Å². The molecule has 110 valence electrons. The zero-order chi connectivity index (χ0) is 15.5. The zero-order valence-electron chi connectivity index (χ0n) is 12.7. The molecule has 0 saturated carbocycles. The van der Waals surface area contributed by atoms with Gasteiger partial charge in [0, 0.05) is 11.4 Å². The SMILES string of the molecule is C=C(C=C(Cl)C(=CC)OC)C/C=C(/C)N=CNC(=C)C. The number of aliphatic imine (C=N–C) groups is 1. The van der Waals surface area contributed by atoms with Gasteiger partial charge in [-0.05, 0) is 44.9 Å². The molecule has 0 aromatic heterocycles. The summed E-state index contributed by atoms with van der Waals surface area (Å²) in [6.07, 6.45) is 7.86. The second-order valence-corrected chi connectivity index (χ2v) is 4.65. The van der Waals surface area contributed by atoms with Crippen LogP contribution in [0.4, 0.5) is 0 Å². The number of ether oxygens (including phenoxy) is 1. The maximum absolute atomic E-state index is 6.11. The molecule has 0 aromatic carbocycles. The molecule has 0 rings (SSSR count). The van der Waals surface area contributed by atoms with Gasteiger partial charge in [0.2, 0.25) is 0 Å². The van der Waals surface area contributed by atoms with Gasteiger partial charge in [-0.1, -0.05) is 30.8 Å². The molecule has 0 aliphatic carbocycles. The second-order valence-electron chi connectivity index (χ2n) is 4.24. The van der Waals surface area contributed by atoms with Crippen LogP contribution in [0.25, 0.3) is 0 Å². The van der Waals surface area contributed by atoms with Crippen molar-refractivity contribution in [3.63, 3.8) is 0 Å². The first kappa shape index (κ1) is 18.3. The highest BCUT2D eigenvalue weighted by molar-refractivity contribution is 6.31. The monoisotopic (exact) mass is 294 g/mol. The number of methoxy groups -OCH3 is 1. The molecule has 0 spiro atoms. The fourth-order valence-corrected chi connectivity index (χ4v) is 1.58. The van der Waals surface area contributed by atoms with Crippen LogP contribution in [0.15, 0.2) is 64.1 Å². The molecule has 0 aliphatic heterocycles. The van der Waals surface area contributed by atoms with Crippen molar-refractivity contribution in [1.29, 1.82) is 0 Å². The molecule has 0 atom stereocenters. The van der Waals surface area contributed by atoms with Gasteiger partial charge in [0.15, 0.2) is 0 Å². The molecule has 0 aliphatic rings. The second kappa shape index (κ2) is 10.1. The highest BCUT2D eigenvalue weighted by Crippen LogP contribution is 2.18. The quantitative estimate of drug-likeness (QED) is 0.306. The van der Waals surface area contributed by atoms with E-state index in [1.807, 2.05) is 26.8 Å². The van der Waals surface area contributed by atoms with E-state index in [9.17, 15) is 0 Å². The molecule has 0 fully saturated rings. The number of halogens is 1. The molecular formula is C16H23ClN2O. The van der Waals surface area contributed by atoms with Crippen LogP contribution in [0.2, 0.25) is 0 Å². The molecule has 0 bridgehead atoms. The van der Waals surface area contributed by atoms with E-state index in [0.717, 1.165) is 17.0 Å². The maximum Gasteiger partial charge on any atom is 0.133 e. The fraction of sp³-hybridized carbons (Fsp3) is 0.312. The van der Waals surface area contributed by atoms with Gasteiger partial charge >= 0.3 is 0 Å². The molecule has 0 heterocycles. The first-order valence-corrected chi connectivity index (χ1v) is 6.65. The Morgan fingerprint density at radius 1 is 1.35 bits per heavy atom. The maximum atomic E-state index is 6.11. The minimum atomic E-state index is 0.540. The van der Waals surface area contributed by atoms with Crippen molar-refractivity contribution in [3.8, 4) is 0 Å². The number of nitrogens with zero attached hydrogens (tertiary/aromatic N) is 1. The van der Waals surface area contributed by atoms with Crippen molar-refractivity contribution >= 4 is 17.9 Å². The normalized spacial score (nSPS) is 13.6. The summed E-state index contributed by atoms with van der Waals surface area (Å²) < 4.78 is 5.13. The lowest BCUT2D eigenvalue weighted by atomic mass is 10.1. The Hall–Kier alpha value is -1.74. The standard InChI is InChI=1S/C16H23ClN2O/c1-7-16(20-6)15(17)10-13(4)8-9-14(5)19-11-18-12(2)3/h7,9-11H,2,4,8H2,1,3,5-6H3,(H,18,19)/b14-9-,15-10?,16-7?. The minimum absolute atomic E-state index is 0.540. The van der Waals surface area contributed by atoms with Crippen LogP contribution in [-0.2, 0) is 4.74 Å². The van der Waals surface area contributed by atoms with Crippen LogP contribution in [-0.4, -0.2) is 13.4 Å².